The van der Waals surface area contributed by atoms with E-state index >= 15 is 0 Å². The molecule has 4 rings (SSSR count). The van der Waals surface area contributed by atoms with Gasteiger partial charge in [-0.3, -0.25) is 39.4 Å². The Balaban J connectivity index is 1.83. The number of ketones is 1. The zero-order chi connectivity index (χ0) is 25.3. The molecule has 0 N–H and O–H groups in total. The molecule has 3 aromatic carbocycles. The molecular formula is C23H14N4O8. The Kier molecular flexibility index (Phi) is 5.85. The molecule has 0 saturated heterocycles. The van der Waals surface area contributed by atoms with Crippen molar-refractivity contribution in [3.63, 3.8) is 0 Å². The van der Waals surface area contributed by atoms with Gasteiger partial charge in [0.25, 0.3) is 29.1 Å². The van der Waals surface area contributed by atoms with E-state index in [2.05, 4.69) is 0 Å². The highest BCUT2D eigenvalue weighted by atomic mass is 16.6. The Labute approximate surface area is 196 Å². The molecule has 12 heteroatoms. The molecule has 0 saturated carbocycles. The van der Waals surface area contributed by atoms with Gasteiger partial charge in [0.05, 0.1) is 15.4 Å². The Morgan fingerprint density at radius 3 is 2.03 bits per heavy atom. The van der Waals surface area contributed by atoms with Gasteiger partial charge < -0.3 is 0 Å². The van der Waals surface area contributed by atoms with Crippen molar-refractivity contribution >= 4 is 34.9 Å². The highest BCUT2D eigenvalue weighted by molar-refractivity contribution is 6.24. The molecule has 0 fully saturated rings. The normalized spacial score (nSPS) is 12.3. The van der Waals surface area contributed by atoms with Gasteiger partial charge >= 0.3 is 0 Å². The highest BCUT2D eigenvalue weighted by Gasteiger charge is 2.46. The summed E-state index contributed by atoms with van der Waals surface area (Å²) in [5.74, 6) is -4.14. The number of nitrogens with zero attached hydrogens (tertiary/aromatic N) is 4. The quantitative estimate of drug-likeness (QED) is 0.218. The van der Waals surface area contributed by atoms with Crippen molar-refractivity contribution < 1.29 is 29.0 Å². The van der Waals surface area contributed by atoms with E-state index < -0.39 is 62.4 Å². The number of para-hydroxylation sites is 1. The molecule has 0 spiro atoms. The number of amides is 3. The maximum atomic E-state index is 13.5. The van der Waals surface area contributed by atoms with Crippen molar-refractivity contribution in [1.82, 2.24) is 10.0 Å². The average Bonchev–Trinajstić information content (AvgIpc) is 3.12. The van der Waals surface area contributed by atoms with Gasteiger partial charge in [0.15, 0.2) is 5.78 Å². The molecule has 0 aliphatic carbocycles. The first-order valence-electron chi connectivity index (χ1n) is 10.0. The lowest BCUT2D eigenvalue weighted by atomic mass is 10.1. The third-order valence-electron chi connectivity index (χ3n) is 5.26. The van der Waals surface area contributed by atoms with Crippen LogP contribution in [0.4, 0.5) is 11.4 Å². The van der Waals surface area contributed by atoms with Gasteiger partial charge in [-0.05, 0) is 12.1 Å². The smallest absolute Gasteiger partial charge is 0.287 e. The number of hydrazine groups is 1. The molecule has 0 aromatic heterocycles. The predicted molar refractivity (Wildman–Crippen MR) is 119 cm³/mol. The largest absolute Gasteiger partial charge is 0.292 e. The minimum atomic E-state index is -1.20. The summed E-state index contributed by atoms with van der Waals surface area (Å²) in [7, 11) is 0. The number of nitro benzene ring substituents is 2. The number of Topliss-reactive ketones (excluding diaryl/α,β-unsaturated/α-hetero) is 1. The molecule has 1 aliphatic heterocycles. The minimum Gasteiger partial charge on any atom is -0.292 e. The van der Waals surface area contributed by atoms with Gasteiger partial charge in [0, 0.05) is 17.7 Å². The molecular weight excluding hydrogens is 460 g/mol. The predicted octanol–water partition coefficient (Wildman–Crippen LogP) is 3.04. The van der Waals surface area contributed by atoms with Crippen molar-refractivity contribution in [2.75, 3.05) is 6.54 Å². The molecule has 12 nitrogen and oxygen atoms in total. The van der Waals surface area contributed by atoms with Gasteiger partial charge in [0.1, 0.15) is 17.7 Å². The summed E-state index contributed by atoms with van der Waals surface area (Å²) in [6.45, 7) is -0.839. The second kappa shape index (κ2) is 8.94. The molecule has 0 bridgehead atoms. The standard InChI is InChI=1S/C23H14N4O8/c28-19(14-7-2-1-3-8-14)13-24(21(29)15-9-4-5-11-17(15)26(32)33)25-22(30)16-10-6-12-18(27(34)35)20(16)23(25)31/h1-12H,13H2. The zero-order valence-electron chi connectivity index (χ0n) is 17.7. The van der Waals surface area contributed by atoms with Crippen LogP contribution in [0.5, 0.6) is 0 Å². The Morgan fingerprint density at radius 2 is 1.37 bits per heavy atom. The number of carbonyl (C=O) groups is 4. The summed E-state index contributed by atoms with van der Waals surface area (Å²) < 4.78 is 0. The fraction of sp³-hybridized carbons (Fsp3) is 0.0435. The maximum Gasteiger partial charge on any atom is 0.287 e. The number of imide groups is 1. The Morgan fingerprint density at radius 1 is 0.771 bits per heavy atom. The van der Waals surface area contributed by atoms with Crippen molar-refractivity contribution in [3.8, 4) is 0 Å². The lowest BCUT2D eigenvalue weighted by molar-refractivity contribution is -0.385. The summed E-state index contributed by atoms with van der Waals surface area (Å²) in [4.78, 5) is 74.0. The first-order valence-corrected chi connectivity index (χ1v) is 10.0. The van der Waals surface area contributed by atoms with Crippen LogP contribution in [0.3, 0.4) is 0 Å². The number of rotatable bonds is 7. The van der Waals surface area contributed by atoms with Gasteiger partial charge in [-0.1, -0.05) is 48.5 Å². The van der Waals surface area contributed by atoms with E-state index in [1.807, 2.05) is 0 Å². The van der Waals surface area contributed by atoms with E-state index in [1.54, 1.807) is 18.2 Å². The summed E-state index contributed by atoms with van der Waals surface area (Å²) in [5, 5.41) is 23.7. The van der Waals surface area contributed by atoms with Gasteiger partial charge in [-0.25, -0.2) is 5.01 Å². The molecule has 3 amide bonds. The molecule has 0 unspecified atom stereocenters. The van der Waals surface area contributed by atoms with E-state index in [4.69, 9.17) is 0 Å². The second-order valence-corrected chi connectivity index (χ2v) is 7.31. The fourth-order valence-electron chi connectivity index (χ4n) is 3.66. The summed E-state index contributed by atoms with van der Waals surface area (Å²) in [5.41, 5.74) is -2.49. The maximum absolute atomic E-state index is 13.5. The summed E-state index contributed by atoms with van der Waals surface area (Å²) >= 11 is 0. The van der Waals surface area contributed by atoms with Crippen molar-refractivity contribution in [3.05, 3.63) is 115 Å². The van der Waals surface area contributed by atoms with Crippen LogP contribution in [-0.2, 0) is 0 Å². The van der Waals surface area contributed by atoms with Crippen LogP contribution >= 0.6 is 0 Å². The van der Waals surface area contributed by atoms with Crippen LogP contribution in [0.2, 0.25) is 0 Å². The van der Waals surface area contributed by atoms with Crippen molar-refractivity contribution in [2.24, 2.45) is 0 Å². The zero-order valence-corrected chi connectivity index (χ0v) is 17.7. The van der Waals surface area contributed by atoms with Crippen LogP contribution in [0, 0.1) is 20.2 Å². The molecule has 1 aliphatic rings. The topological polar surface area (TPSA) is 161 Å². The van der Waals surface area contributed by atoms with Crippen LogP contribution in [0.1, 0.15) is 41.4 Å². The number of benzene rings is 3. The first-order chi connectivity index (χ1) is 16.7. The first kappa shape index (κ1) is 22.9. The number of carbonyl (C=O) groups excluding carboxylic acids is 4. The second-order valence-electron chi connectivity index (χ2n) is 7.31. The van der Waals surface area contributed by atoms with Gasteiger partial charge in [0.2, 0.25) is 0 Å². The van der Waals surface area contributed by atoms with Crippen LogP contribution < -0.4 is 0 Å². The van der Waals surface area contributed by atoms with E-state index in [0.717, 1.165) is 18.2 Å². The molecule has 174 valence electrons. The highest BCUT2D eigenvalue weighted by Crippen LogP contribution is 2.33. The number of nitro groups is 2. The fourth-order valence-corrected chi connectivity index (χ4v) is 3.66. The van der Waals surface area contributed by atoms with Crippen LogP contribution in [0.15, 0.2) is 72.8 Å². The van der Waals surface area contributed by atoms with Crippen molar-refractivity contribution in [2.45, 2.75) is 0 Å². The van der Waals surface area contributed by atoms with Gasteiger partial charge in [-0.2, -0.15) is 5.01 Å². The van der Waals surface area contributed by atoms with Crippen LogP contribution in [-0.4, -0.2) is 49.9 Å². The number of hydrogen-bond donors (Lipinski definition) is 0. The van der Waals surface area contributed by atoms with E-state index in [-0.39, 0.29) is 11.1 Å². The van der Waals surface area contributed by atoms with E-state index in [9.17, 15) is 39.4 Å². The summed E-state index contributed by atoms with van der Waals surface area (Å²) in [6, 6.07) is 15.9. The number of fused-ring (bicyclic) bond motifs is 1. The number of hydrogen-bond acceptors (Lipinski definition) is 8. The average molecular weight is 474 g/mol. The SMILES string of the molecule is O=C(CN(C(=O)c1ccccc1[N+](=O)[O-])N1C(=O)c2cccc([N+](=O)[O-])c2C1=O)c1ccccc1. The third-order valence-corrected chi connectivity index (χ3v) is 5.26. The molecule has 0 radical (unpaired) electrons. The lowest BCUT2D eigenvalue weighted by Crippen LogP contribution is -2.51. The Bertz CT molecular complexity index is 1420. The van der Waals surface area contributed by atoms with Gasteiger partial charge in [-0.15, -0.1) is 0 Å². The monoisotopic (exact) mass is 474 g/mol. The van der Waals surface area contributed by atoms with E-state index in [1.165, 1.54) is 36.4 Å². The third kappa shape index (κ3) is 3.99. The van der Waals surface area contributed by atoms with Crippen LogP contribution in [0.25, 0.3) is 0 Å². The minimum absolute atomic E-state index is 0.149. The molecule has 1 heterocycles. The molecule has 0 atom stereocenters. The summed E-state index contributed by atoms with van der Waals surface area (Å²) in [6.07, 6.45) is 0. The Hall–Kier alpha value is -5.26. The molecule has 35 heavy (non-hydrogen) atoms. The van der Waals surface area contributed by atoms with Crippen molar-refractivity contribution in [1.29, 1.82) is 0 Å². The lowest BCUT2D eigenvalue weighted by Gasteiger charge is -2.29. The molecule has 3 aromatic rings. The van der Waals surface area contributed by atoms with E-state index in [0.29, 0.717) is 10.0 Å².